The highest BCUT2D eigenvalue weighted by atomic mass is 127. The number of hydrogen-bond donors (Lipinski definition) is 2. The van der Waals surface area contributed by atoms with Gasteiger partial charge in [-0.1, -0.05) is 41.4 Å². The van der Waals surface area contributed by atoms with Crippen molar-refractivity contribution in [2.45, 2.75) is 0 Å². The first-order chi connectivity index (χ1) is 15.3. The van der Waals surface area contributed by atoms with E-state index in [9.17, 15) is 14.4 Å². The Morgan fingerprint density at radius 1 is 0.844 bits per heavy atom. The van der Waals surface area contributed by atoms with Crippen LogP contribution in [0, 0.1) is 3.57 Å². The van der Waals surface area contributed by atoms with E-state index in [1.165, 1.54) is 0 Å². The summed E-state index contributed by atoms with van der Waals surface area (Å²) in [4.78, 5) is 39.1. The van der Waals surface area contributed by atoms with E-state index in [-0.39, 0.29) is 27.3 Å². The van der Waals surface area contributed by atoms with Gasteiger partial charge in [0.05, 0.1) is 10.7 Å². The first-order valence-corrected chi connectivity index (χ1v) is 11.2. The molecule has 6 nitrogen and oxygen atoms in total. The van der Waals surface area contributed by atoms with E-state index >= 15 is 0 Å². The number of halogens is 3. The van der Waals surface area contributed by atoms with E-state index < -0.39 is 11.8 Å². The van der Waals surface area contributed by atoms with Crippen molar-refractivity contribution in [2.75, 3.05) is 15.5 Å². The average Bonchev–Trinajstić information content (AvgIpc) is 2.99. The number of benzene rings is 3. The summed E-state index contributed by atoms with van der Waals surface area (Å²) in [6.07, 6.45) is 0. The molecule has 9 heteroatoms. The van der Waals surface area contributed by atoms with Gasteiger partial charge in [-0.2, -0.15) is 0 Å². The van der Waals surface area contributed by atoms with Crippen molar-refractivity contribution < 1.29 is 14.4 Å². The maximum absolute atomic E-state index is 12.9. The lowest BCUT2D eigenvalue weighted by Gasteiger charge is -2.16. The number of carbonyl (C=O) groups is 3. The molecule has 3 amide bonds. The molecular formula is C23H14Cl2IN3O3. The van der Waals surface area contributed by atoms with Crippen LogP contribution in [0.15, 0.2) is 83.5 Å². The summed E-state index contributed by atoms with van der Waals surface area (Å²) in [6, 6.07) is 20.4. The van der Waals surface area contributed by atoms with E-state index in [4.69, 9.17) is 23.2 Å². The number of para-hydroxylation sites is 1. The van der Waals surface area contributed by atoms with Crippen LogP contribution in [0.1, 0.15) is 10.4 Å². The number of amides is 3. The van der Waals surface area contributed by atoms with Gasteiger partial charge in [-0.3, -0.25) is 14.4 Å². The normalized spacial score (nSPS) is 13.5. The lowest BCUT2D eigenvalue weighted by atomic mass is 10.1. The van der Waals surface area contributed by atoms with Crippen LogP contribution < -0.4 is 15.5 Å². The van der Waals surface area contributed by atoms with Gasteiger partial charge >= 0.3 is 0 Å². The fourth-order valence-corrected chi connectivity index (χ4v) is 3.87. The topological polar surface area (TPSA) is 78.5 Å². The number of nitrogens with one attached hydrogen (secondary N) is 2. The average molecular weight is 578 g/mol. The van der Waals surface area contributed by atoms with Gasteiger partial charge in [0.15, 0.2) is 0 Å². The fourth-order valence-electron chi connectivity index (χ4n) is 3.08. The van der Waals surface area contributed by atoms with Crippen LogP contribution in [0.5, 0.6) is 0 Å². The summed E-state index contributed by atoms with van der Waals surface area (Å²) < 4.78 is 1.05. The summed E-state index contributed by atoms with van der Waals surface area (Å²) in [6.45, 7) is 0. The minimum atomic E-state index is -0.681. The Kier molecular flexibility index (Phi) is 6.50. The smallest absolute Gasteiger partial charge is 0.283 e. The summed E-state index contributed by atoms with van der Waals surface area (Å²) in [7, 11) is 0. The van der Waals surface area contributed by atoms with Crippen LogP contribution in [0.2, 0.25) is 5.02 Å². The third kappa shape index (κ3) is 4.50. The van der Waals surface area contributed by atoms with Crippen molar-refractivity contribution in [3.05, 3.63) is 97.7 Å². The molecule has 1 aliphatic heterocycles. The Morgan fingerprint density at radius 2 is 1.56 bits per heavy atom. The zero-order valence-electron chi connectivity index (χ0n) is 16.2. The second-order valence-corrected chi connectivity index (χ2v) is 8.78. The van der Waals surface area contributed by atoms with E-state index in [1.54, 1.807) is 60.7 Å². The largest absolute Gasteiger partial charge is 0.350 e. The molecule has 0 saturated heterocycles. The second kappa shape index (κ2) is 9.32. The maximum atomic E-state index is 12.9. The Balaban J connectivity index is 1.55. The number of rotatable bonds is 5. The van der Waals surface area contributed by atoms with Gasteiger partial charge in [-0.05, 0) is 77.2 Å². The summed E-state index contributed by atoms with van der Waals surface area (Å²) in [5, 5.41) is 5.67. The van der Waals surface area contributed by atoms with Crippen LogP contribution in [-0.4, -0.2) is 17.7 Å². The van der Waals surface area contributed by atoms with Crippen LogP contribution in [0.25, 0.3) is 0 Å². The molecule has 0 radical (unpaired) electrons. The third-order valence-electron chi connectivity index (χ3n) is 4.62. The van der Waals surface area contributed by atoms with Gasteiger partial charge in [-0.25, -0.2) is 4.90 Å². The zero-order valence-corrected chi connectivity index (χ0v) is 19.9. The van der Waals surface area contributed by atoms with Gasteiger partial charge in [0, 0.05) is 20.5 Å². The Bertz CT molecular complexity index is 1280. The summed E-state index contributed by atoms with van der Waals surface area (Å²) in [5.41, 5.74) is 1.60. The molecule has 3 aromatic rings. The molecule has 0 fully saturated rings. The molecule has 2 N–H and O–H groups in total. The molecule has 0 aromatic heterocycles. The van der Waals surface area contributed by atoms with E-state index in [2.05, 4.69) is 33.2 Å². The molecule has 32 heavy (non-hydrogen) atoms. The highest BCUT2D eigenvalue weighted by Gasteiger charge is 2.39. The molecule has 3 aromatic carbocycles. The Hall–Kier alpha value is -2.88. The van der Waals surface area contributed by atoms with Crippen molar-refractivity contribution in [1.29, 1.82) is 0 Å². The predicted molar refractivity (Wildman–Crippen MR) is 134 cm³/mol. The third-order valence-corrected chi connectivity index (χ3v) is 6.01. The van der Waals surface area contributed by atoms with Crippen molar-refractivity contribution in [2.24, 2.45) is 0 Å². The van der Waals surface area contributed by atoms with Crippen molar-refractivity contribution >= 4 is 80.6 Å². The van der Waals surface area contributed by atoms with Crippen LogP contribution in [0.3, 0.4) is 0 Å². The van der Waals surface area contributed by atoms with Crippen molar-refractivity contribution in [3.63, 3.8) is 0 Å². The molecule has 1 aliphatic rings. The highest BCUT2D eigenvalue weighted by molar-refractivity contribution is 14.1. The molecular weight excluding hydrogens is 564 g/mol. The molecule has 4 rings (SSSR count). The predicted octanol–water partition coefficient (Wildman–Crippen LogP) is 5.63. The molecule has 0 saturated carbocycles. The standard InChI is InChI=1S/C23H14Cl2IN3O3/c24-17-6-1-2-7-18(17)29-22(31)19(25)20(23(29)32)27-16-5-3-4-13(12-16)21(30)28-15-10-8-14(26)9-11-15/h1-12,27H,(H,28,30). The van der Waals surface area contributed by atoms with Gasteiger partial charge in [0.25, 0.3) is 17.7 Å². The number of carbonyl (C=O) groups excluding carboxylic acids is 3. The number of anilines is 3. The van der Waals surface area contributed by atoms with Crippen molar-refractivity contribution in [3.8, 4) is 0 Å². The van der Waals surface area contributed by atoms with Gasteiger partial charge in [-0.15, -0.1) is 0 Å². The van der Waals surface area contributed by atoms with Crippen LogP contribution in [-0.2, 0) is 9.59 Å². The first-order valence-electron chi connectivity index (χ1n) is 9.32. The van der Waals surface area contributed by atoms with Crippen LogP contribution >= 0.6 is 45.8 Å². The van der Waals surface area contributed by atoms with Crippen molar-refractivity contribution in [1.82, 2.24) is 0 Å². The molecule has 0 aliphatic carbocycles. The van der Waals surface area contributed by atoms with Gasteiger partial charge in [0.1, 0.15) is 10.7 Å². The Morgan fingerprint density at radius 3 is 2.28 bits per heavy atom. The highest BCUT2D eigenvalue weighted by Crippen LogP contribution is 2.34. The number of hydrogen-bond acceptors (Lipinski definition) is 4. The van der Waals surface area contributed by atoms with E-state index in [0.717, 1.165) is 8.47 Å². The lowest BCUT2D eigenvalue weighted by molar-refractivity contribution is -0.120. The molecule has 0 spiro atoms. The molecule has 0 unspecified atom stereocenters. The maximum Gasteiger partial charge on any atom is 0.283 e. The molecule has 0 bridgehead atoms. The molecule has 0 atom stereocenters. The SMILES string of the molecule is O=C(Nc1ccc(I)cc1)c1cccc(NC2=C(Cl)C(=O)N(c3ccccc3Cl)C2=O)c1. The molecule has 1 heterocycles. The zero-order chi connectivity index (χ0) is 22.8. The molecule has 160 valence electrons. The summed E-state index contributed by atoms with van der Waals surface area (Å²) in [5.74, 6) is -1.64. The fraction of sp³-hybridized carbons (Fsp3) is 0. The second-order valence-electron chi connectivity index (χ2n) is 6.75. The van der Waals surface area contributed by atoms with Crippen LogP contribution in [0.4, 0.5) is 17.1 Å². The lowest BCUT2D eigenvalue weighted by Crippen LogP contribution is -2.32. The monoisotopic (exact) mass is 577 g/mol. The van der Waals surface area contributed by atoms with Gasteiger partial charge in [0.2, 0.25) is 0 Å². The summed E-state index contributed by atoms with van der Waals surface area (Å²) >= 11 is 14.5. The van der Waals surface area contributed by atoms with E-state index in [0.29, 0.717) is 16.9 Å². The number of imide groups is 1. The first kappa shape index (κ1) is 22.3. The van der Waals surface area contributed by atoms with Gasteiger partial charge < -0.3 is 10.6 Å². The van der Waals surface area contributed by atoms with E-state index in [1.807, 2.05) is 12.1 Å². The number of nitrogens with zero attached hydrogens (tertiary/aromatic N) is 1. The Labute approximate surface area is 207 Å². The minimum Gasteiger partial charge on any atom is -0.350 e. The minimum absolute atomic E-state index is 0.0909. The quantitative estimate of drug-likeness (QED) is 0.304.